The van der Waals surface area contributed by atoms with Crippen LogP contribution in [0.15, 0.2) is 24.4 Å². The lowest BCUT2D eigenvalue weighted by atomic mass is 9.88. The highest BCUT2D eigenvalue weighted by Crippen LogP contribution is 2.43. The Morgan fingerprint density at radius 3 is 2.53 bits per heavy atom. The van der Waals surface area contributed by atoms with Crippen molar-refractivity contribution in [2.24, 2.45) is 0 Å². The van der Waals surface area contributed by atoms with E-state index in [1.54, 1.807) is 0 Å². The Bertz CT molecular complexity index is 1500. The summed E-state index contributed by atoms with van der Waals surface area (Å²) in [5, 5.41) is 5.83. The van der Waals surface area contributed by atoms with Crippen molar-refractivity contribution in [3.05, 3.63) is 52.9 Å². The van der Waals surface area contributed by atoms with Gasteiger partial charge in [-0.2, -0.15) is 22.4 Å². The van der Waals surface area contributed by atoms with E-state index in [1.165, 1.54) is 20.8 Å². The smallest absolute Gasteiger partial charge is 0.416 e. The van der Waals surface area contributed by atoms with Gasteiger partial charge < -0.3 is 14.8 Å². The number of benzene rings is 1. The molecule has 38 heavy (non-hydrogen) atoms. The van der Waals surface area contributed by atoms with Crippen molar-refractivity contribution < 1.29 is 50.1 Å². The standard InChI is InChI=1S/C23H27F5N4O5S/c1-22(2,3)37-21(33)29-16-8-18(31-9-12-10-32(38(4,34)35)30-17(12)11-31)20(23(26,27)28)36-19(16)14-7-13(24)5-6-15(14)25/h5-7,10,16,18-20H,8-9,11H2,1-4H3,(H,29,33)/t16-,18?,19+,20?/m0/s1/i8D2,18D,20D. The molecule has 1 fully saturated rings. The summed E-state index contributed by atoms with van der Waals surface area (Å²) in [7, 11) is -3.89. The fourth-order valence-electron chi connectivity index (χ4n) is 3.95. The first-order chi connectivity index (χ1) is 18.9. The highest BCUT2D eigenvalue weighted by molar-refractivity contribution is 7.89. The number of nitrogens with one attached hydrogen (secondary N) is 1. The number of fused-ring (bicyclic) bond motifs is 1. The third-order valence-corrected chi connectivity index (χ3v) is 6.33. The Labute approximate surface area is 221 Å². The topological polar surface area (TPSA) is 103 Å². The number of alkyl halides is 3. The van der Waals surface area contributed by atoms with Crippen molar-refractivity contribution in [3.63, 3.8) is 0 Å². The Balaban J connectivity index is 1.89. The van der Waals surface area contributed by atoms with Crippen molar-refractivity contribution in [1.82, 2.24) is 19.4 Å². The van der Waals surface area contributed by atoms with Crippen LogP contribution in [0.25, 0.3) is 0 Å². The molecule has 9 nitrogen and oxygen atoms in total. The van der Waals surface area contributed by atoms with Crippen molar-refractivity contribution >= 4 is 16.1 Å². The number of aromatic nitrogens is 2. The second-order valence-corrected chi connectivity index (χ2v) is 11.6. The molecule has 0 radical (unpaired) electrons. The predicted octanol–water partition coefficient (Wildman–Crippen LogP) is 3.64. The fraction of sp³-hybridized carbons (Fsp3) is 0.565. The molecule has 0 bridgehead atoms. The zero-order valence-corrected chi connectivity index (χ0v) is 21.4. The van der Waals surface area contributed by atoms with Crippen LogP contribution in [-0.4, -0.2) is 64.8 Å². The minimum absolute atomic E-state index is 0.0299. The van der Waals surface area contributed by atoms with Crippen LogP contribution in [0.4, 0.5) is 26.7 Å². The van der Waals surface area contributed by atoms with Crippen LogP contribution < -0.4 is 5.32 Å². The number of amides is 1. The summed E-state index contributed by atoms with van der Waals surface area (Å²) in [5.41, 5.74) is -2.21. The van der Waals surface area contributed by atoms with E-state index in [2.05, 4.69) is 5.10 Å². The van der Waals surface area contributed by atoms with E-state index in [9.17, 15) is 35.2 Å². The quantitative estimate of drug-likeness (QED) is 0.560. The first kappa shape index (κ1) is 23.1. The van der Waals surface area contributed by atoms with Gasteiger partial charge in [0.25, 0.3) is 10.0 Å². The van der Waals surface area contributed by atoms with Gasteiger partial charge in [0.15, 0.2) is 6.08 Å². The molecule has 1 aromatic carbocycles. The van der Waals surface area contributed by atoms with Crippen LogP contribution in [-0.2, 0) is 32.6 Å². The maximum absolute atomic E-state index is 14.9. The Hall–Kier alpha value is -2.78. The molecule has 2 aliphatic rings. The van der Waals surface area contributed by atoms with E-state index in [1.807, 2.05) is 5.32 Å². The van der Waals surface area contributed by atoms with Gasteiger partial charge in [0.2, 0.25) is 0 Å². The molecule has 3 heterocycles. The molecular formula is C23H27F5N4O5S. The number of carbonyl (C=O) groups excluding carboxylic acids is 1. The molecule has 2 aromatic rings. The van der Waals surface area contributed by atoms with Crippen LogP contribution in [0.1, 0.15) is 55.6 Å². The van der Waals surface area contributed by atoms with E-state index in [0.29, 0.717) is 27.2 Å². The number of nitrogens with zero attached hydrogens (tertiary/aromatic N) is 3. The number of rotatable bonds is 4. The van der Waals surface area contributed by atoms with Crippen LogP contribution in [0, 0.1) is 11.6 Å². The number of carbonyl (C=O) groups is 1. The second kappa shape index (κ2) is 9.75. The number of hydrogen-bond donors (Lipinski definition) is 1. The summed E-state index contributed by atoms with van der Waals surface area (Å²) in [6, 6.07) is -4.45. The van der Waals surface area contributed by atoms with E-state index < -0.39 is 88.8 Å². The molecule has 1 amide bonds. The van der Waals surface area contributed by atoms with Crippen molar-refractivity contribution in [1.29, 1.82) is 0 Å². The van der Waals surface area contributed by atoms with E-state index in [-0.39, 0.29) is 11.3 Å². The van der Waals surface area contributed by atoms with Crippen molar-refractivity contribution in [2.45, 2.75) is 76.3 Å². The van der Waals surface area contributed by atoms with Crippen LogP contribution in [0.2, 0.25) is 0 Å². The summed E-state index contributed by atoms with van der Waals surface area (Å²) in [4.78, 5) is 13.3. The van der Waals surface area contributed by atoms with Gasteiger partial charge in [-0.1, -0.05) is 0 Å². The highest BCUT2D eigenvalue weighted by atomic mass is 32.2. The van der Waals surface area contributed by atoms with E-state index >= 15 is 0 Å². The van der Waals surface area contributed by atoms with E-state index in [4.69, 9.17) is 15.0 Å². The van der Waals surface area contributed by atoms with Gasteiger partial charge in [0, 0.05) is 40.5 Å². The zero-order chi connectivity index (χ0) is 31.8. The summed E-state index contributed by atoms with van der Waals surface area (Å²) in [6.07, 6.45) is -15.9. The lowest BCUT2D eigenvalue weighted by Crippen LogP contribution is -2.59. The average Bonchev–Trinajstić information content (AvgIpc) is 3.39. The first-order valence-corrected chi connectivity index (χ1v) is 13.0. The Morgan fingerprint density at radius 1 is 1.26 bits per heavy atom. The van der Waals surface area contributed by atoms with Gasteiger partial charge in [-0.15, -0.1) is 0 Å². The molecule has 4 rings (SSSR count). The summed E-state index contributed by atoms with van der Waals surface area (Å²) in [6.45, 7) is 2.91. The van der Waals surface area contributed by atoms with Gasteiger partial charge in [-0.25, -0.2) is 22.0 Å². The molecule has 2 aliphatic heterocycles. The predicted molar refractivity (Wildman–Crippen MR) is 123 cm³/mol. The lowest BCUT2D eigenvalue weighted by molar-refractivity contribution is -0.270. The van der Waals surface area contributed by atoms with Gasteiger partial charge in [0.1, 0.15) is 23.3 Å². The molecule has 210 valence electrons. The van der Waals surface area contributed by atoms with Gasteiger partial charge >= 0.3 is 12.3 Å². The second-order valence-electron chi connectivity index (χ2n) is 9.74. The summed E-state index contributed by atoms with van der Waals surface area (Å²) < 4.78 is 143. The van der Waals surface area contributed by atoms with Gasteiger partial charge in [-0.05, 0) is 45.3 Å². The molecule has 15 heteroatoms. The van der Waals surface area contributed by atoms with Crippen LogP contribution >= 0.6 is 0 Å². The summed E-state index contributed by atoms with van der Waals surface area (Å²) >= 11 is 0. The van der Waals surface area contributed by atoms with Gasteiger partial charge in [0.05, 0.1) is 19.4 Å². The Morgan fingerprint density at radius 2 is 1.95 bits per heavy atom. The molecule has 0 spiro atoms. The van der Waals surface area contributed by atoms with Crippen LogP contribution in [0.3, 0.4) is 0 Å². The number of halogens is 5. The molecule has 1 N–H and O–H groups in total. The first-order valence-electron chi connectivity index (χ1n) is 13.1. The fourth-order valence-corrected chi connectivity index (χ4v) is 4.52. The summed E-state index contributed by atoms with van der Waals surface area (Å²) in [5.74, 6) is -2.46. The van der Waals surface area contributed by atoms with Crippen molar-refractivity contribution in [2.75, 3.05) is 6.26 Å². The normalized spacial score (nSPS) is 31.5. The lowest BCUT2D eigenvalue weighted by Gasteiger charge is -2.45. The minimum atomic E-state index is -5.81. The van der Waals surface area contributed by atoms with E-state index in [0.717, 1.165) is 12.5 Å². The number of alkyl carbamates (subject to hydrolysis) is 1. The Kier molecular flexibility index (Phi) is 5.94. The monoisotopic (exact) mass is 570 g/mol. The third kappa shape index (κ3) is 6.10. The third-order valence-electron chi connectivity index (χ3n) is 5.46. The number of hydrogen-bond acceptors (Lipinski definition) is 7. The van der Waals surface area contributed by atoms with Crippen molar-refractivity contribution in [3.8, 4) is 0 Å². The SMILES string of the molecule is [2H]C1([2H])[C@H](NC(=O)OC(C)(C)C)[C@@H](c2cc(F)ccc2F)OC([2H])(C(F)(F)F)C1([2H])N1Cc2cn(S(C)(=O)=O)nc2C1. The minimum Gasteiger partial charge on any atom is -0.444 e. The molecular weight excluding hydrogens is 539 g/mol. The maximum atomic E-state index is 14.9. The van der Waals surface area contributed by atoms with Crippen LogP contribution in [0.5, 0.6) is 0 Å². The van der Waals surface area contributed by atoms with Gasteiger partial charge in [-0.3, -0.25) is 4.90 Å². The molecule has 2 unspecified atom stereocenters. The molecule has 0 aliphatic carbocycles. The zero-order valence-electron chi connectivity index (χ0n) is 24.6. The molecule has 1 saturated heterocycles. The molecule has 0 saturated carbocycles. The molecule has 4 atom stereocenters. The average molecular weight is 571 g/mol. The number of ether oxygens (including phenoxy) is 2. The maximum Gasteiger partial charge on any atom is 0.416 e. The highest BCUT2D eigenvalue weighted by Gasteiger charge is 2.55. The largest absolute Gasteiger partial charge is 0.444 e. The molecule has 1 aromatic heterocycles.